The monoisotopic (exact) mass is 447 g/mol. The second-order valence-electron chi connectivity index (χ2n) is 5.49. The van der Waals surface area contributed by atoms with Crippen LogP contribution >= 0.6 is 34.5 Å². The van der Waals surface area contributed by atoms with E-state index in [0.29, 0.717) is 0 Å². The first kappa shape index (κ1) is 20.0. The highest BCUT2D eigenvalue weighted by atomic mass is 35.5. The Hall–Kier alpha value is -1.74. The van der Waals surface area contributed by atoms with Gasteiger partial charge >= 0.3 is 0 Å². The molecule has 3 aromatic rings. The number of hydrogen-bond donors (Lipinski definition) is 1. The van der Waals surface area contributed by atoms with Crippen molar-refractivity contribution in [3.05, 3.63) is 69.2 Å². The average Bonchev–Trinajstić information content (AvgIpc) is 3.14. The van der Waals surface area contributed by atoms with E-state index in [2.05, 4.69) is 16.5 Å². The summed E-state index contributed by atoms with van der Waals surface area (Å²) < 4.78 is 53.3. The highest BCUT2D eigenvalue weighted by molar-refractivity contribution is 7.93. The molecule has 0 amide bonds. The SMILES string of the molecule is C[C@H](Nc1ccc(S(=O)(=O)c2n[c]cs2)c(F)c1Cl)c1c(F)cccc1Cl. The van der Waals surface area contributed by atoms with Crippen LogP contribution in [0.1, 0.15) is 18.5 Å². The van der Waals surface area contributed by atoms with E-state index >= 15 is 0 Å². The lowest BCUT2D eigenvalue weighted by Crippen LogP contribution is -2.11. The minimum atomic E-state index is -4.15. The van der Waals surface area contributed by atoms with Gasteiger partial charge in [0, 0.05) is 16.0 Å². The number of benzene rings is 2. The maximum absolute atomic E-state index is 14.7. The van der Waals surface area contributed by atoms with E-state index in [4.69, 9.17) is 23.2 Å². The third-order valence-corrected chi connectivity index (χ3v) is 7.35. The highest BCUT2D eigenvalue weighted by Crippen LogP contribution is 2.36. The summed E-state index contributed by atoms with van der Waals surface area (Å²) in [5.41, 5.74) is 0.288. The van der Waals surface area contributed by atoms with Crippen molar-refractivity contribution >= 4 is 50.1 Å². The summed E-state index contributed by atoms with van der Waals surface area (Å²) in [5.74, 6) is -1.65. The van der Waals surface area contributed by atoms with E-state index in [1.54, 1.807) is 6.92 Å². The summed E-state index contributed by atoms with van der Waals surface area (Å²) in [4.78, 5) is 2.99. The molecule has 27 heavy (non-hydrogen) atoms. The van der Waals surface area contributed by atoms with Crippen molar-refractivity contribution in [2.75, 3.05) is 5.32 Å². The van der Waals surface area contributed by atoms with Gasteiger partial charge in [0.05, 0.1) is 11.7 Å². The molecule has 0 saturated heterocycles. The van der Waals surface area contributed by atoms with Crippen molar-refractivity contribution < 1.29 is 17.2 Å². The van der Waals surface area contributed by atoms with Gasteiger partial charge in [-0.1, -0.05) is 29.3 Å². The second kappa shape index (κ2) is 7.71. The number of sulfone groups is 1. The lowest BCUT2D eigenvalue weighted by molar-refractivity contribution is 0.566. The number of rotatable bonds is 5. The summed E-state index contributed by atoms with van der Waals surface area (Å²) in [6.07, 6.45) is 2.38. The Labute approximate surface area is 168 Å². The quantitative estimate of drug-likeness (QED) is 0.558. The van der Waals surface area contributed by atoms with Crippen molar-refractivity contribution in [1.29, 1.82) is 0 Å². The van der Waals surface area contributed by atoms with E-state index in [0.717, 1.165) is 17.4 Å². The Morgan fingerprint density at radius 1 is 1.22 bits per heavy atom. The molecule has 0 aliphatic rings. The molecule has 0 saturated carbocycles. The number of hydrogen-bond acceptors (Lipinski definition) is 5. The first-order valence-electron chi connectivity index (χ1n) is 7.48. The molecule has 0 fully saturated rings. The standard InChI is InChI=1S/C17H11Cl2F2N2O2S2/c1-9(14-10(18)3-2-4-11(14)20)23-12-5-6-13(16(21)15(12)19)27(24,25)17-22-7-8-26-17/h2-6,8-9,23H,1H3/t9-/m0/s1. The molecule has 141 valence electrons. The van der Waals surface area contributed by atoms with Gasteiger partial charge in [-0.05, 0) is 31.2 Å². The molecule has 1 N–H and O–H groups in total. The zero-order valence-corrected chi connectivity index (χ0v) is 16.8. The van der Waals surface area contributed by atoms with E-state index in [1.807, 2.05) is 0 Å². The number of nitrogens with zero attached hydrogens (tertiary/aromatic N) is 1. The molecule has 0 aliphatic heterocycles. The van der Waals surface area contributed by atoms with Crippen LogP contribution in [0.4, 0.5) is 14.5 Å². The van der Waals surface area contributed by atoms with E-state index in [-0.39, 0.29) is 20.6 Å². The molecule has 0 unspecified atom stereocenters. The van der Waals surface area contributed by atoms with Crippen LogP contribution in [-0.4, -0.2) is 13.4 Å². The van der Waals surface area contributed by atoms with Crippen molar-refractivity contribution in [1.82, 2.24) is 4.98 Å². The Morgan fingerprint density at radius 3 is 2.59 bits per heavy atom. The van der Waals surface area contributed by atoms with Crippen LogP contribution in [0.25, 0.3) is 0 Å². The number of aromatic nitrogens is 1. The molecule has 3 rings (SSSR count). The summed E-state index contributed by atoms with van der Waals surface area (Å²) in [7, 11) is -4.15. The molecular formula is C17H11Cl2F2N2O2S2. The van der Waals surface area contributed by atoms with E-state index in [1.165, 1.54) is 29.6 Å². The van der Waals surface area contributed by atoms with Crippen molar-refractivity contribution in [3.63, 3.8) is 0 Å². The van der Waals surface area contributed by atoms with Crippen molar-refractivity contribution in [2.45, 2.75) is 22.2 Å². The lowest BCUT2D eigenvalue weighted by atomic mass is 10.1. The van der Waals surface area contributed by atoms with E-state index < -0.39 is 37.4 Å². The van der Waals surface area contributed by atoms with Gasteiger partial charge in [-0.25, -0.2) is 22.2 Å². The first-order valence-corrected chi connectivity index (χ1v) is 10.6. The third kappa shape index (κ3) is 3.80. The van der Waals surface area contributed by atoms with Gasteiger partial charge in [-0.3, -0.25) is 0 Å². The molecular weight excluding hydrogens is 437 g/mol. The zero-order chi connectivity index (χ0) is 19.8. The molecule has 1 aromatic heterocycles. The minimum absolute atomic E-state index is 0.102. The maximum atomic E-state index is 14.7. The molecule has 2 aromatic carbocycles. The third-order valence-electron chi connectivity index (χ3n) is 3.74. The molecule has 0 bridgehead atoms. The number of anilines is 1. The van der Waals surface area contributed by atoms with Crippen LogP contribution in [-0.2, 0) is 9.84 Å². The summed E-state index contributed by atoms with van der Waals surface area (Å²) in [5, 5.41) is 3.97. The van der Waals surface area contributed by atoms with Crippen LogP contribution in [0.5, 0.6) is 0 Å². The fourth-order valence-electron chi connectivity index (χ4n) is 2.48. The van der Waals surface area contributed by atoms with Crippen molar-refractivity contribution in [2.24, 2.45) is 0 Å². The Morgan fingerprint density at radius 2 is 1.96 bits per heavy atom. The topological polar surface area (TPSA) is 59.1 Å². The lowest BCUT2D eigenvalue weighted by Gasteiger charge is -2.19. The Balaban J connectivity index is 1.97. The summed E-state index contributed by atoms with van der Waals surface area (Å²) in [6.45, 7) is 1.62. The van der Waals surface area contributed by atoms with Crippen LogP contribution in [0.15, 0.2) is 44.9 Å². The Bertz CT molecular complexity index is 1070. The van der Waals surface area contributed by atoms with Crippen LogP contribution in [0.2, 0.25) is 10.0 Å². The summed E-state index contributed by atoms with van der Waals surface area (Å²) in [6, 6.07) is 5.99. The van der Waals surface area contributed by atoms with Gasteiger partial charge in [-0.15, -0.1) is 11.3 Å². The minimum Gasteiger partial charge on any atom is -0.377 e. The van der Waals surface area contributed by atoms with Crippen LogP contribution < -0.4 is 5.32 Å². The van der Waals surface area contributed by atoms with Gasteiger partial charge in [-0.2, -0.15) is 0 Å². The fourth-order valence-corrected chi connectivity index (χ4v) is 5.26. The van der Waals surface area contributed by atoms with Crippen molar-refractivity contribution in [3.8, 4) is 0 Å². The smallest absolute Gasteiger partial charge is 0.236 e. The molecule has 0 aliphatic carbocycles. The van der Waals surface area contributed by atoms with Gasteiger partial charge < -0.3 is 5.32 Å². The van der Waals surface area contributed by atoms with Gasteiger partial charge in [0.25, 0.3) is 0 Å². The molecule has 1 atom stereocenters. The van der Waals surface area contributed by atoms with Crippen LogP contribution in [0, 0.1) is 17.8 Å². The predicted molar refractivity (Wildman–Crippen MR) is 101 cm³/mol. The fraction of sp³-hybridized carbons (Fsp3) is 0.118. The van der Waals surface area contributed by atoms with Crippen LogP contribution in [0.3, 0.4) is 0 Å². The average molecular weight is 448 g/mol. The van der Waals surface area contributed by atoms with Gasteiger partial charge in [0.15, 0.2) is 5.82 Å². The molecule has 4 nitrogen and oxygen atoms in total. The zero-order valence-electron chi connectivity index (χ0n) is 13.6. The normalized spacial score (nSPS) is 12.8. The molecule has 10 heteroatoms. The van der Waals surface area contributed by atoms with E-state index in [9.17, 15) is 17.2 Å². The summed E-state index contributed by atoms with van der Waals surface area (Å²) >= 11 is 12.9. The molecule has 1 heterocycles. The second-order valence-corrected chi connectivity index (χ2v) is 9.22. The first-order chi connectivity index (χ1) is 12.7. The van der Waals surface area contributed by atoms with Gasteiger partial charge in [0.1, 0.15) is 21.9 Å². The maximum Gasteiger partial charge on any atom is 0.236 e. The molecule has 0 spiro atoms. The predicted octanol–water partition coefficient (Wildman–Crippen LogP) is 5.53. The molecule has 1 radical (unpaired) electrons. The number of thiazole rings is 1. The number of nitrogens with one attached hydrogen (secondary N) is 1. The Kier molecular flexibility index (Phi) is 5.71. The largest absolute Gasteiger partial charge is 0.377 e. The highest BCUT2D eigenvalue weighted by Gasteiger charge is 2.27. The number of halogens is 4. The van der Waals surface area contributed by atoms with Gasteiger partial charge in [0.2, 0.25) is 14.2 Å².